The molecule has 0 radical (unpaired) electrons. The van der Waals surface area contributed by atoms with Crippen LogP contribution < -0.4 is 5.32 Å². The van der Waals surface area contributed by atoms with Crippen LogP contribution >= 0.6 is 11.3 Å². The first-order chi connectivity index (χ1) is 9.83. The number of nitrogens with zero attached hydrogens (tertiary/aromatic N) is 1. The predicted molar refractivity (Wildman–Crippen MR) is 86.0 cm³/mol. The topological polar surface area (TPSA) is 24.9 Å². The lowest BCUT2D eigenvalue weighted by molar-refractivity contribution is 0.882. The molecule has 2 nitrogen and oxygen atoms in total. The van der Waals surface area contributed by atoms with E-state index in [1.165, 1.54) is 16.0 Å². The van der Waals surface area contributed by atoms with Gasteiger partial charge in [0, 0.05) is 6.20 Å². The maximum atomic E-state index is 4.47. The van der Waals surface area contributed by atoms with Crippen molar-refractivity contribution in [3.63, 3.8) is 0 Å². The maximum Gasteiger partial charge on any atom is 0.183 e. The number of rotatable bonds is 4. The normalized spacial score (nSPS) is 12.1. The van der Waals surface area contributed by atoms with E-state index in [9.17, 15) is 0 Å². The van der Waals surface area contributed by atoms with Crippen molar-refractivity contribution < 1.29 is 0 Å². The van der Waals surface area contributed by atoms with Crippen LogP contribution in [0.3, 0.4) is 0 Å². The van der Waals surface area contributed by atoms with E-state index in [1.54, 1.807) is 11.3 Å². The first-order valence-corrected chi connectivity index (χ1v) is 7.47. The number of hydrogen-bond donors (Lipinski definition) is 1. The number of nitrogens with one attached hydrogen (secondary N) is 1. The molecule has 0 bridgehead atoms. The minimum absolute atomic E-state index is 0.256. The fourth-order valence-electron chi connectivity index (χ4n) is 2.09. The Morgan fingerprint density at radius 3 is 2.30 bits per heavy atom. The molecule has 1 heterocycles. The van der Waals surface area contributed by atoms with Gasteiger partial charge in [-0.2, -0.15) is 0 Å². The molecule has 20 heavy (non-hydrogen) atoms. The summed E-state index contributed by atoms with van der Waals surface area (Å²) in [5.74, 6) is 0. The third-order valence-corrected chi connectivity index (χ3v) is 4.18. The molecule has 1 aromatic heterocycles. The lowest BCUT2D eigenvalue weighted by Gasteiger charge is -2.12. The lowest BCUT2D eigenvalue weighted by atomic mass is 10.1. The Balaban J connectivity index is 1.75. The summed E-state index contributed by atoms with van der Waals surface area (Å²) in [5, 5.41) is 4.41. The van der Waals surface area contributed by atoms with Crippen molar-refractivity contribution in [2.75, 3.05) is 5.32 Å². The van der Waals surface area contributed by atoms with Crippen LogP contribution in [0.25, 0.3) is 10.4 Å². The average molecular weight is 280 g/mol. The molecule has 1 atom stereocenters. The quantitative estimate of drug-likeness (QED) is 0.728. The Kier molecular flexibility index (Phi) is 3.79. The molecule has 3 rings (SSSR count). The van der Waals surface area contributed by atoms with Gasteiger partial charge < -0.3 is 5.32 Å². The Labute approximate surface area is 123 Å². The zero-order valence-electron chi connectivity index (χ0n) is 11.3. The molecule has 0 saturated carbocycles. The molecule has 0 amide bonds. The second kappa shape index (κ2) is 5.88. The number of anilines is 1. The fourth-order valence-corrected chi connectivity index (χ4v) is 3.00. The molecule has 3 aromatic rings. The minimum atomic E-state index is 0.256. The second-order valence-corrected chi connectivity index (χ2v) is 5.70. The zero-order valence-corrected chi connectivity index (χ0v) is 12.1. The highest BCUT2D eigenvalue weighted by Gasteiger charge is 2.08. The summed E-state index contributed by atoms with van der Waals surface area (Å²) in [6.45, 7) is 2.15. The highest BCUT2D eigenvalue weighted by atomic mass is 32.1. The van der Waals surface area contributed by atoms with Gasteiger partial charge >= 0.3 is 0 Å². The highest BCUT2D eigenvalue weighted by molar-refractivity contribution is 7.18. The molecule has 0 aliphatic heterocycles. The van der Waals surface area contributed by atoms with Gasteiger partial charge in [0.05, 0.1) is 10.9 Å². The van der Waals surface area contributed by atoms with Gasteiger partial charge in [-0.1, -0.05) is 72.0 Å². The van der Waals surface area contributed by atoms with Gasteiger partial charge in [-0.15, -0.1) is 0 Å². The van der Waals surface area contributed by atoms with Crippen molar-refractivity contribution in [3.8, 4) is 10.4 Å². The maximum absolute atomic E-state index is 4.47. The van der Waals surface area contributed by atoms with Crippen molar-refractivity contribution >= 4 is 16.5 Å². The largest absolute Gasteiger partial charge is 0.355 e. The van der Waals surface area contributed by atoms with Gasteiger partial charge in [-0.3, -0.25) is 0 Å². The van der Waals surface area contributed by atoms with E-state index in [4.69, 9.17) is 0 Å². The molecule has 0 unspecified atom stereocenters. The fraction of sp³-hybridized carbons (Fsp3) is 0.118. The third-order valence-electron chi connectivity index (χ3n) is 3.20. The molecular formula is C17H16N2S. The average Bonchev–Trinajstić information content (AvgIpc) is 2.97. The van der Waals surface area contributed by atoms with Crippen LogP contribution in [0.1, 0.15) is 18.5 Å². The monoisotopic (exact) mass is 280 g/mol. The highest BCUT2D eigenvalue weighted by Crippen LogP contribution is 2.30. The lowest BCUT2D eigenvalue weighted by Crippen LogP contribution is -2.05. The molecule has 0 fully saturated rings. The van der Waals surface area contributed by atoms with Crippen LogP contribution in [0, 0.1) is 0 Å². The van der Waals surface area contributed by atoms with E-state index < -0.39 is 0 Å². The second-order valence-electron chi connectivity index (χ2n) is 4.67. The Hall–Kier alpha value is -2.13. The molecule has 0 aliphatic rings. The summed E-state index contributed by atoms with van der Waals surface area (Å²) in [5.41, 5.74) is 2.48. The number of aromatic nitrogens is 1. The first-order valence-electron chi connectivity index (χ1n) is 6.65. The van der Waals surface area contributed by atoms with Crippen LogP contribution in [-0.2, 0) is 0 Å². The van der Waals surface area contributed by atoms with E-state index in [-0.39, 0.29) is 6.04 Å². The van der Waals surface area contributed by atoms with Crippen LogP contribution in [-0.4, -0.2) is 4.98 Å². The SMILES string of the molecule is C[C@@H](Nc1ncc(-c2ccccc2)s1)c1ccccc1. The van der Waals surface area contributed by atoms with Gasteiger partial charge in [-0.05, 0) is 18.1 Å². The summed E-state index contributed by atoms with van der Waals surface area (Å²) in [6.07, 6.45) is 1.93. The Morgan fingerprint density at radius 1 is 0.950 bits per heavy atom. The molecule has 1 N–H and O–H groups in total. The van der Waals surface area contributed by atoms with Crippen molar-refractivity contribution in [2.45, 2.75) is 13.0 Å². The molecule has 100 valence electrons. The van der Waals surface area contributed by atoms with E-state index in [1.807, 2.05) is 18.3 Å². The summed E-state index contributed by atoms with van der Waals surface area (Å²) in [7, 11) is 0. The van der Waals surface area contributed by atoms with E-state index in [0.29, 0.717) is 0 Å². The number of benzene rings is 2. The predicted octanol–water partition coefficient (Wildman–Crippen LogP) is 4.98. The third kappa shape index (κ3) is 2.89. The van der Waals surface area contributed by atoms with E-state index >= 15 is 0 Å². The van der Waals surface area contributed by atoms with Crippen LogP contribution in [0.4, 0.5) is 5.13 Å². The summed E-state index contributed by atoms with van der Waals surface area (Å²) in [6, 6.07) is 21.0. The van der Waals surface area contributed by atoms with Crippen molar-refractivity contribution in [2.24, 2.45) is 0 Å². The van der Waals surface area contributed by atoms with Gasteiger partial charge in [0.2, 0.25) is 0 Å². The molecule has 0 aliphatic carbocycles. The molecular weight excluding hydrogens is 264 g/mol. The summed E-state index contributed by atoms with van der Waals surface area (Å²) < 4.78 is 0. The van der Waals surface area contributed by atoms with Crippen LogP contribution in [0.15, 0.2) is 66.9 Å². The molecule has 2 aromatic carbocycles. The molecule has 3 heteroatoms. The summed E-state index contributed by atoms with van der Waals surface area (Å²) >= 11 is 1.69. The Bertz CT molecular complexity index is 662. The van der Waals surface area contributed by atoms with Crippen LogP contribution in [0.5, 0.6) is 0 Å². The van der Waals surface area contributed by atoms with Crippen molar-refractivity contribution in [1.82, 2.24) is 4.98 Å². The molecule has 0 saturated heterocycles. The van der Waals surface area contributed by atoms with Gasteiger partial charge in [0.25, 0.3) is 0 Å². The van der Waals surface area contributed by atoms with E-state index in [0.717, 1.165) is 5.13 Å². The molecule has 0 spiro atoms. The minimum Gasteiger partial charge on any atom is -0.355 e. The number of hydrogen-bond acceptors (Lipinski definition) is 3. The summed E-state index contributed by atoms with van der Waals surface area (Å²) in [4.78, 5) is 5.65. The smallest absolute Gasteiger partial charge is 0.183 e. The standard InChI is InChI=1S/C17H16N2S/c1-13(14-8-4-2-5-9-14)19-17-18-12-16(20-17)15-10-6-3-7-11-15/h2-13H,1H3,(H,18,19)/t13-/m1/s1. The zero-order chi connectivity index (χ0) is 13.8. The van der Waals surface area contributed by atoms with Crippen LogP contribution in [0.2, 0.25) is 0 Å². The van der Waals surface area contributed by atoms with Gasteiger partial charge in [0.15, 0.2) is 5.13 Å². The first kappa shape index (κ1) is 12.9. The number of thiazole rings is 1. The Morgan fingerprint density at radius 2 is 1.60 bits per heavy atom. The van der Waals surface area contributed by atoms with Gasteiger partial charge in [-0.25, -0.2) is 4.98 Å². The van der Waals surface area contributed by atoms with Crippen molar-refractivity contribution in [1.29, 1.82) is 0 Å². The van der Waals surface area contributed by atoms with E-state index in [2.05, 4.69) is 65.8 Å². The van der Waals surface area contributed by atoms with Crippen molar-refractivity contribution in [3.05, 3.63) is 72.4 Å². The van der Waals surface area contributed by atoms with Gasteiger partial charge in [0.1, 0.15) is 0 Å².